The highest BCUT2D eigenvalue weighted by molar-refractivity contribution is 7.80. The predicted octanol–water partition coefficient (Wildman–Crippen LogP) is 3.95. The summed E-state index contributed by atoms with van der Waals surface area (Å²) in [4.78, 5) is 0. The Labute approximate surface area is 122 Å². The Hall–Kier alpha value is -0.870. The van der Waals surface area contributed by atoms with E-state index in [4.69, 9.17) is 23.8 Å². The van der Waals surface area contributed by atoms with Crippen LogP contribution >= 0.6 is 23.8 Å². The van der Waals surface area contributed by atoms with Gasteiger partial charge in [0.25, 0.3) is 0 Å². The Bertz CT molecular complexity index is 508. The molecule has 2 nitrogen and oxygen atoms in total. The van der Waals surface area contributed by atoms with Crippen molar-refractivity contribution < 1.29 is 4.39 Å². The van der Waals surface area contributed by atoms with Crippen molar-refractivity contribution in [1.82, 2.24) is 5.32 Å². The number of hydrogen-bond acceptors (Lipinski definition) is 1. The third kappa shape index (κ3) is 2.84. The molecule has 1 aromatic rings. The van der Waals surface area contributed by atoms with E-state index in [1.54, 1.807) is 12.1 Å². The smallest absolute Gasteiger partial charge is 0.171 e. The minimum absolute atomic E-state index is 0.366. The summed E-state index contributed by atoms with van der Waals surface area (Å²) in [6.45, 7) is 0. The van der Waals surface area contributed by atoms with E-state index in [0.717, 1.165) is 11.8 Å². The SMILES string of the molecule is Fc1cc(Cl)ccc1NC(=S)NC1CC2CCC1C2. The Kier molecular flexibility index (Phi) is 3.63. The zero-order chi connectivity index (χ0) is 13.4. The summed E-state index contributed by atoms with van der Waals surface area (Å²) in [5.41, 5.74) is 0.366. The molecule has 2 N–H and O–H groups in total. The van der Waals surface area contributed by atoms with Crippen LogP contribution in [0.3, 0.4) is 0 Å². The number of thiocarbonyl (C=S) groups is 1. The molecule has 102 valence electrons. The van der Waals surface area contributed by atoms with Crippen LogP contribution < -0.4 is 10.6 Å². The van der Waals surface area contributed by atoms with Crippen LogP contribution in [0.2, 0.25) is 5.02 Å². The predicted molar refractivity (Wildman–Crippen MR) is 80.0 cm³/mol. The minimum atomic E-state index is -0.385. The second-order valence-corrected chi connectivity index (χ2v) is 6.35. The largest absolute Gasteiger partial charge is 0.359 e. The molecule has 0 heterocycles. The molecule has 2 fully saturated rings. The van der Waals surface area contributed by atoms with Gasteiger partial charge in [0, 0.05) is 11.1 Å². The maximum atomic E-state index is 13.6. The highest BCUT2D eigenvalue weighted by Gasteiger charge is 2.39. The summed E-state index contributed by atoms with van der Waals surface area (Å²) in [5, 5.41) is 7.11. The minimum Gasteiger partial charge on any atom is -0.359 e. The summed E-state index contributed by atoms with van der Waals surface area (Å²) in [7, 11) is 0. The average molecular weight is 299 g/mol. The lowest BCUT2D eigenvalue weighted by atomic mass is 9.96. The molecule has 3 atom stereocenters. The highest BCUT2D eigenvalue weighted by Crippen LogP contribution is 2.44. The summed E-state index contributed by atoms with van der Waals surface area (Å²) in [5.74, 6) is 1.21. The third-order valence-electron chi connectivity index (χ3n) is 4.23. The van der Waals surface area contributed by atoms with Crippen LogP contribution in [-0.2, 0) is 0 Å². The van der Waals surface area contributed by atoms with Gasteiger partial charge in [0.2, 0.25) is 0 Å². The molecule has 2 aliphatic rings. The van der Waals surface area contributed by atoms with Gasteiger partial charge in [-0.1, -0.05) is 18.0 Å². The molecule has 19 heavy (non-hydrogen) atoms. The Morgan fingerprint density at radius 1 is 1.32 bits per heavy atom. The standard InChI is InChI=1S/C14H16ClFN2S/c15-10-3-4-12(11(16)7-10)17-14(19)18-13-6-8-1-2-9(13)5-8/h3-4,7-9,13H,1-2,5-6H2,(H2,17,18,19). The van der Waals surface area contributed by atoms with Gasteiger partial charge in [-0.25, -0.2) is 4.39 Å². The van der Waals surface area contributed by atoms with Gasteiger partial charge in [-0.3, -0.25) is 0 Å². The molecule has 1 aromatic carbocycles. The fourth-order valence-corrected chi connectivity index (χ4v) is 3.76. The zero-order valence-electron chi connectivity index (χ0n) is 10.5. The van der Waals surface area contributed by atoms with E-state index in [1.165, 1.54) is 31.7 Å². The summed E-state index contributed by atoms with van der Waals surface area (Å²) in [6.07, 6.45) is 5.15. The van der Waals surface area contributed by atoms with Crippen LogP contribution in [-0.4, -0.2) is 11.2 Å². The van der Waals surface area contributed by atoms with Crippen LogP contribution in [0.15, 0.2) is 18.2 Å². The number of halogens is 2. The van der Waals surface area contributed by atoms with Gasteiger partial charge >= 0.3 is 0 Å². The van der Waals surface area contributed by atoms with E-state index in [-0.39, 0.29) is 5.82 Å². The van der Waals surface area contributed by atoms with E-state index >= 15 is 0 Å². The number of hydrogen-bond donors (Lipinski definition) is 2. The molecule has 2 saturated carbocycles. The van der Waals surface area contributed by atoms with Gasteiger partial charge in [-0.05, 0) is 61.5 Å². The van der Waals surface area contributed by atoms with Gasteiger partial charge in [0.15, 0.2) is 5.11 Å². The molecule has 2 aliphatic carbocycles. The maximum Gasteiger partial charge on any atom is 0.171 e. The molecule has 0 radical (unpaired) electrons. The van der Waals surface area contributed by atoms with Crippen LogP contribution in [0.5, 0.6) is 0 Å². The number of benzene rings is 1. The van der Waals surface area contributed by atoms with Crippen molar-refractivity contribution >= 4 is 34.6 Å². The molecule has 3 unspecified atom stereocenters. The molecule has 0 aromatic heterocycles. The van der Waals surface area contributed by atoms with Crippen molar-refractivity contribution in [3.05, 3.63) is 29.0 Å². The van der Waals surface area contributed by atoms with Gasteiger partial charge in [0.1, 0.15) is 5.82 Å². The van der Waals surface area contributed by atoms with E-state index in [1.807, 2.05) is 0 Å². The number of nitrogens with one attached hydrogen (secondary N) is 2. The zero-order valence-corrected chi connectivity index (χ0v) is 12.0. The van der Waals surface area contributed by atoms with Gasteiger partial charge in [0.05, 0.1) is 5.69 Å². The Morgan fingerprint density at radius 2 is 2.16 bits per heavy atom. The molecule has 0 aliphatic heterocycles. The normalized spacial score (nSPS) is 28.4. The lowest BCUT2D eigenvalue weighted by molar-refractivity contribution is 0.391. The second-order valence-electron chi connectivity index (χ2n) is 5.50. The number of rotatable bonds is 2. The molecule has 0 saturated heterocycles. The fraction of sp³-hybridized carbons (Fsp3) is 0.500. The molecule has 3 rings (SSSR count). The van der Waals surface area contributed by atoms with Crippen molar-refractivity contribution in [2.75, 3.05) is 5.32 Å². The number of anilines is 1. The van der Waals surface area contributed by atoms with Crippen molar-refractivity contribution in [2.45, 2.75) is 31.7 Å². The first-order valence-corrected chi connectivity index (χ1v) is 7.43. The molecule has 0 amide bonds. The van der Waals surface area contributed by atoms with Crippen LogP contribution in [0.4, 0.5) is 10.1 Å². The first kappa shape index (κ1) is 13.1. The lowest BCUT2D eigenvalue weighted by Crippen LogP contribution is -2.40. The Morgan fingerprint density at radius 3 is 2.79 bits per heavy atom. The maximum absolute atomic E-state index is 13.6. The van der Waals surface area contributed by atoms with E-state index in [0.29, 0.717) is 21.9 Å². The van der Waals surface area contributed by atoms with Crippen molar-refractivity contribution in [1.29, 1.82) is 0 Å². The van der Waals surface area contributed by atoms with E-state index < -0.39 is 0 Å². The monoisotopic (exact) mass is 298 g/mol. The molecule has 2 bridgehead atoms. The van der Waals surface area contributed by atoms with Gasteiger partial charge < -0.3 is 10.6 Å². The third-order valence-corrected chi connectivity index (χ3v) is 4.69. The summed E-state index contributed by atoms with van der Waals surface area (Å²) in [6, 6.07) is 4.98. The van der Waals surface area contributed by atoms with Crippen LogP contribution in [0.1, 0.15) is 25.7 Å². The first-order chi connectivity index (χ1) is 9.11. The highest BCUT2D eigenvalue weighted by atomic mass is 35.5. The van der Waals surface area contributed by atoms with Crippen molar-refractivity contribution in [2.24, 2.45) is 11.8 Å². The Balaban J connectivity index is 1.59. The molecular weight excluding hydrogens is 283 g/mol. The van der Waals surface area contributed by atoms with E-state index in [2.05, 4.69) is 10.6 Å². The lowest BCUT2D eigenvalue weighted by Gasteiger charge is -2.24. The van der Waals surface area contributed by atoms with E-state index in [9.17, 15) is 4.39 Å². The quantitative estimate of drug-likeness (QED) is 0.808. The fourth-order valence-electron chi connectivity index (χ4n) is 3.34. The van der Waals surface area contributed by atoms with Crippen molar-refractivity contribution in [3.63, 3.8) is 0 Å². The first-order valence-electron chi connectivity index (χ1n) is 6.64. The summed E-state index contributed by atoms with van der Waals surface area (Å²) >= 11 is 11.0. The second kappa shape index (κ2) is 5.25. The molecule has 0 spiro atoms. The van der Waals surface area contributed by atoms with Crippen molar-refractivity contribution in [3.8, 4) is 0 Å². The van der Waals surface area contributed by atoms with Crippen LogP contribution in [0.25, 0.3) is 0 Å². The van der Waals surface area contributed by atoms with Gasteiger partial charge in [-0.2, -0.15) is 0 Å². The van der Waals surface area contributed by atoms with Crippen LogP contribution in [0, 0.1) is 17.7 Å². The molecular formula is C14H16ClFN2S. The van der Waals surface area contributed by atoms with Gasteiger partial charge in [-0.15, -0.1) is 0 Å². The molecule has 5 heteroatoms. The summed E-state index contributed by atoms with van der Waals surface area (Å²) < 4.78 is 13.6. The topological polar surface area (TPSA) is 24.1 Å². The average Bonchev–Trinajstić information content (AvgIpc) is 2.95. The number of fused-ring (bicyclic) bond motifs is 2.